The molecule has 0 saturated heterocycles. The molecule has 1 heterocycles. The molecule has 0 aliphatic rings. The Morgan fingerprint density at radius 2 is 2.26 bits per heavy atom. The molecule has 2 rings (SSSR count). The summed E-state index contributed by atoms with van der Waals surface area (Å²) in [5.41, 5.74) is 6.74. The fourth-order valence-corrected chi connectivity index (χ4v) is 1.66. The van der Waals surface area contributed by atoms with Crippen molar-refractivity contribution >= 4 is 17.4 Å². The monoisotopic (exact) mass is 260 g/mol. The first-order chi connectivity index (χ1) is 9.11. The van der Waals surface area contributed by atoms with Crippen molar-refractivity contribution in [1.29, 1.82) is 0 Å². The van der Waals surface area contributed by atoms with E-state index in [9.17, 15) is 4.79 Å². The third-order valence-corrected chi connectivity index (χ3v) is 2.63. The van der Waals surface area contributed by atoms with Gasteiger partial charge in [-0.2, -0.15) is 5.10 Å². The summed E-state index contributed by atoms with van der Waals surface area (Å²) < 4.78 is 6.90. The van der Waals surface area contributed by atoms with Crippen molar-refractivity contribution in [3.63, 3.8) is 0 Å². The molecule has 19 heavy (non-hydrogen) atoms. The van der Waals surface area contributed by atoms with Gasteiger partial charge in [0.1, 0.15) is 11.6 Å². The molecule has 0 unspecified atom stereocenters. The average Bonchev–Trinajstić information content (AvgIpc) is 2.78. The third-order valence-electron chi connectivity index (χ3n) is 2.63. The summed E-state index contributed by atoms with van der Waals surface area (Å²) in [4.78, 5) is 12.0. The largest absolute Gasteiger partial charge is 0.492 e. The highest BCUT2D eigenvalue weighted by Gasteiger charge is 2.10. The highest BCUT2D eigenvalue weighted by molar-refractivity contribution is 6.04. The van der Waals surface area contributed by atoms with Gasteiger partial charge in [-0.15, -0.1) is 0 Å². The van der Waals surface area contributed by atoms with Gasteiger partial charge in [-0.25, -0.2) is 0 Å². The van der Waals surface area contributed by atoms with Crippen LogP contribution in [0.25, 0.3) is 0 Å². The average molecular weight is 260 g/mol. The van der Waals surface area contributed by atoms with Crippen LogP contribution in [0.3, 0.4) is 0 Å². The Labute approximate surface area is 111 Å². The molecule has 1 amide bonds. The number of carbonyl (C=O) groups excluding carboxylic acids is 1. The topological polar surface area (TPSA) is 82.2 Å². The highest BCUT2D eigenvalue weighted by atomic mass is 16.5. The summed E-state index contributed by atoms with van der Waals surface area (Å²) >= 11 is 0. The van der Waals surface area contributed by atoms with Crippen LogP contribution in [-0.2, 0) is 7.05 Å². The molecule has 0 atom stereocenters. The van der Waals surface area contributed by atoms with E-state index in [4.69, 9.17) is 10.5 Å². The molecule has 0 bridgehead atoms. The molecule has 6 heteroatoms. The van der Waals surface area contributed by atoms with Crippen LogP contribution in [0.4, 0.5) is 11.5 Å². The molecule has 0 saturated carbocycles. The number of hydrogen-bond donors (Lipinski definition) is 2. The number of aryl methyl sites for hydroxylation is 1. The van der Waals surface area contributed by atoms with Gasteiger partial charge in [-0.05, 0) is 25.1 Å². The van der Waals surface area contributed by atoms with Gasteiger partial charge >= 0.3 is 0 Å². The van der Waals surface area contributed by atoms with Crippen molar-refractivity contribution in [3.8, 4) is 5.75 Å². The van der Waals surface area contributed by atoms with E-state index in [1.807, 2.05) is 6.92 Å². The standard InChI is InChI=1S/C13H16N4O2/c1-3-19-11-5-4-9(8-10(11)14)13(18)16-12-6-7-15-17(12)2/h4-8H,3,14H2,1-2H3,(H,16,18). The summed E-state index contributed by atoms with van der Waals surface area (Å²) in [7, 11) is 1.75. The van der Waals surface area contributed by atoms with E-state index in [1.54, 1.807) is 42.2 Å². The summed E-state index contributed by atoms with van der Waals surface area (Å²) in [6, 6.07) is 6.68. The smallest absolute Gasteiger partial charge is 0.256 e. The molecule has 3 N–H and O–H groups in total. The van der Waals surface area contributed by atoms with Crippen LogP contribution in [0.1, 0.15) is 17.3 Å². The lowest BCUT2D eigenvalue weighted by molar-refractivity contribution is 0.102. The fraction of sp³-hybridized carbons (Fsp3) is 0.231. The van der Waals surface area contributed by atoms with Gasteiger partial charge in [-0.1, -0.05) is 0 Å². The van der Waals surface area contributed by atoms with E-state index in [1.165, 1.54) is 0 Å². The Morgan fingerprint density at radius 1 is 1.47 bits per heavy atom. The van der Waals surface area contributed by atoms with Crippen molar-refractivity contribution in [1.82, 2.24) is 9.78 Å². The number of amides is 1. The van der Waals surface area contributed by atoms with Gasteiger partial charge in [0.2, 0.25) is 0 Å². The summed E-state index contributed by atoms with van der Waals surface area (Å²) in [6.07, 6.45) is 1.61. The normalized spacial score (nSPS) is 10.2. The first-order valence-corrected chi connectivity index (χ1v) is 5.93. The maximum Gasteiger partial charge on any atom is 0.256 e. The lowest BCUT2D eigenvalue weighted by Crippen LogP contribution is -2.15. The van der Waals surface area contributed by atoms with Gasteiger partial charge < -0.3 is 15.8 Å². The zero-order valence-corrected chi connectivity index (χ0v) is 10.9. The zero-order chi connectivity index (χ0) is 13.8. The first kappa shape index (κ1) is 12.9. The number of rotatable bonds is 4. The molecule has 6 nitrogen and oxygen atoms in total. The Bertz CT molecular complexity index is 592. The van der Waals surface area contributed by atoms with E-state index in [0.29, 0.717) is 29.4 Å². The van der Waals surface area contributed by atoms with E-state index in [-0.39, 0.29) is 5.91 Å². The fourth-order valence-electron chi connectivity index (χ4n) is 1.66. The van der Waals surface area contributed by atoms with Crippen LogP contribution in [0, 0.1) is 0 Å². The van der Waals surface area contributed by atoms with Crippen LogP contribution in [0.15, 0.2) is 30.5 Å². The molecule has 100 valence electrons. The lowest BCUT2D eigenvalue weighted by Gasteiger charge is -2.09. The number of hydrogen-bond acceptors (Lipinski definition) is 4. The Hall–Kier alpha value is -2.50. The second-order valence-corrected chi connectivity index (χ2v) is 3.98. The van der Waals surface area contributed by atoms with Crippen molar-refractivity contribution in [2.75, 3.05) is 17.7 Å². The second-order valence-electron chi connectivity index (χ2n) is 3.98. The lowest BCUT2D eigenvalue weighted by atomic mass is 10.1. The van der Waals surface area contributed by atoms with Gasteiger partial charge in [0.05, 0.1) is 18.5 Å². The molecule has 0 aliphatic heterocycles. The number of nitrogens with two attached hydrogens (primary N) is 1. The number of nitrogens with zero attached hydrogens (tertiary/aromatic N) is 2. The van der Waals surface area contributed by atoms with Crippen molar-refractivity contribution < 1.29 is 9.53 Å². The molecular formula is C13H16N4O2. The van der Waals surface area contributed by atoms with E-state index in [2.05, 4.69) is 10.4 Å². The van der Waals surface area contributed by atoms with Crippen LogP contribution in [0.5, 0.6) is 5.75 Å². The minimum Gasteiger partial charge on any atom is -0.492 e. The summed E-state index contributed by atoms with van der Waals surface area (Å²) in [5.74, 6) is 0.968. The third kappa shape index (κ3) is 2.85. The molecule has 0 radical (unpaired) electrons. The van der Waals surface area contributed by atoms with Crippen LogP contribution < -0.4 is 15.8 Å². The van der Waals surface area contributed by atoms with Gasteiger partial charge in [0.25, 0.3) is 5.91 Å². The van der Waals surface area contributed by atoms with Gasteiger partial charge in [-0.3, -0.25) is 9.48 Å². The van der Waals surface area contributed by atoms with Crippen LogP contribution in [-0.4, -0.2) is 22.3 Å². The number of ether oxygens (including phenoxy) is 1. The molecule has 1 aromatic heterocycles. The predicted molar refractivity (Wildman–Crippen MR) is 73.2 cm³/mol. The SMILES string of the molecule is CCOc1ccc(C(=O)Nc2ccnn2C)cc1N. The molecule has 1 aromatic carbocycles. The molecule has 0 aliphatic carbocycles. The Morgan fingerprint density at radius 3 is 2.84 bits per heavy atom. The van der Waals surface area contributed by atoms with Crippen molar-refractivity contribution in [3.05, 3.63) is 36.0 Å². The van der Waals surface area contributed by atoms with Gasteiger partial charge in [0.15, 0.2) is 0 Å². The van der Waals surface area contributed by atoms with E-state index < -0.39 is 0 Å². The molecule has 2 aromatic rings. The zero-order valence-electron chi connectivity index (χ0n) is 10.9. The molecule has 0 spiro atoms. The van der Waals surface area contributed by atoms with Crippen molar-refractivity contribution in [2.45, 2.75) is 6.92 Å². The van der Waals surface area contributed by atoms with Crippen LogP contribution >= 0.6 is 0 Å². The number of benzene rings is 1. The summed E-state index contributed by atoms with van der Waals surface area (Å²) in [6.45, 7) is 2.41. The maximum absolute atomic E-state index is 12.0. The number of nitrogen functional groups attached to an aromatic ring is 1. The minimum absolute atomic E-state index is 0.238. The van der Waals surface area contributed by atoms with Crippen molar-refractivity contribution in [2.24, 2.45) is 7.05 Å². The number of carbonyl (C=O) groups is 1. The number of nitrogens with one attached hydrogen (secondary N) is 1. The molecule has 0 fully saturated rings. The summed E-state index contributed by atoms with van der Waals surface area (Å²) in [5, 5.41) is 6.73. The van der Waals surface area contributed by atoms with E-state index >= 15 is 0 Å². The highest BCUT2D eigenvalue weighted by Crippen LogP contribution is 2.23. The van der Waals surface area contributed by atoms with E-state index in [0.717, 1.165) is 0 Å². The first-order valence-electron chi connectivity index (χ1n) is 5.93. The number of anilines is 2. The second kappa shape index (κ2) is 5.43. The quantitative estimate of drug-likeness (QED) is 0.819. The number of aromatic nitrogens is 2. The Balaban J connectivity index is 2.16. The van der Waals surface area contributed by atoms with Gasteiger partial charge in [0, 0.05) is 18.7 Å². The minimum atomic E-state index is -0.238. The van der Waals surface area contributed by atoms with Crippen LogP contribution in [0.2, 0.25) is 0 Å². The maximum atomic E-state index is 12.0. The predicted octanol–water partition coefficient (Wildman–Crippen LogP) is 1.65. The molecular weight excluding hydrogens is 244 g/mol. The Kier molecular flexibility index (Phi) is 3.70.